The molecule has 2 aromatic rings. The largest absolute Gasteiger partial charge is 0.362 e. The molecule has 1 aromatic carbocycles. The van der Waals surface area contributed by atoms with Crippen LogP contribution in [0.4, 0.5) is 5.13 Å². The van der Waals surface area contributed by atoms with E-state index in [2.05, 4.69) is 10.3 Å². The average molecular weight is 307 g/mol. The number of aryl methyl sites for hydroxylation is 1. The fraction of sp³-hybridized carbons (Fsp3) is 0.200. The summed E-state index contributed by atoms with van der Waals surface area (Å²) in [6.07, 6.45) is 3.32. The van der Waals surface area contributed by atoms with Crippen molar-refractivity contribution in [1.29, 1.82) is 0 Å². The molecule has 0 aliphatic rings. The molecule has 104 valence electrons. The minimum Gasteiger partial charge on any atom is -0.362 e. The average Bonchev–Trinajstić information content (AvgIpc) is 2.78. The number of allylic oxidation sites excluding steroid dienone is 1. The topological polar surface area (TPSA) is 42.0 Å². The quantitative estimate of drug-likeness (QED) is 0.656. The van der Waals surface area contributed by atoms with Gasteiger partial charge >= 0.3 is 0 Å². The van der Waals surface area contributed by atoms with E-state index in [1.165, 1.54) is 11.3 Å². The van der Waals surface area contributed by atoms with Gasteiger partial charge in [-0.3, -0.25) is 4.79 Å². The van der Waals surface area contributed by atoms with Crippen LogP contribution in [-0.4, -0.2) is 17.3 Å². The van der Waals surface area contributed by atoms with E-state index in [1.54, 1.807) is 18.2 Å². The SMILES string of the molecule is CCNc1nc(C)c(C(=O)/C=C/c2cccc(Cl)c2)s1. The van der Waals surface area contributed by atoms with Crippen LogP contribution in [0.15, 0.2) is 30.3 Å². The molecule has 0 amide bonds. The fourth-order valence-corrected chi connectivity index (χ4v) is 2.86. The van der Waals surface area contributed by atoms with Gasteiger partial charge < -0.3 is 5.32 Å². The number of benzene rings is 1. The molecule has 0 bridgehead atoms. The number of thiazole rings is 1. The second kappa shape index (κ2) is 6.68. The minimum atomic E-state index is -0.0378. The monoisotopic (exact) mass is 306 g/mol. The first kappa shape index (κ1) is 14.8. The number of ketones is 1. The predicted octanol–water partition coefficient (Wildman–Crippen LogP) is 4.43. The zero-order valence-electron chi connectivity index (χ0n) is 11.3. The number of hydrogen-bond acceptors (Lipinski definition) is 4. The van der Waals surface area contributed by atoms with Crippen molar-refractivity contribution in [2.75, 3.05) is 11.9 Å². The molecule has 1 heterocycles. The zero-order chi connectivity index (χ0) is 14.5. The van der Waals surface area contributed by atoms with Crippen molar-refractivity contribution < 1.29 is 4.79 Å². The number of hydrogen-bond donors (Lipinski definition) is 1. The van der Waals surface area contributed by atoms with Crippen LogP contribution in [0.5, 0.6) is 0 Å². The van der Waals surface area contributed by atoms with Crippen LogP contribution in [0, 0.1) is 6.92 Å². The van der Waals surface area contributed by atoms with E-state index in [-0.39, 0.29) is 5.78 Å². The van der Waals surface area contributed by atoms with Crippen LogP contribution >= 0.6 is 22.9 Å². The van der Waals surface area contributed by atoms with Crippen molar-refractivity contribution >= 4 is 39.9 Å². The van der Waals surface area contributed by atoms with Gasteiger partial charge in [-0.05, 0) is 37.6 Å². The first-order chi connectivity index (χ1) is 9.60. The molecular formula is C15H15ClN2OS. The smallest absolute Gasteiger partial charge is 0.197 e. The maximum Gasteiger partial charge on any atom is 0.197 e. The minimum absolute atomic E-state index is 0.0378. The summed E-state index contributed by atoms with van der Waals surface area (Å²) in [7, 11) is 0. The number of nitrogens with zero attached hydrogens (tertiary/aromatic N) is 1. The van der Waals surface area contributed by atoms with Crippen molar-refractivity contribution in [3.63, 3.8) is 0 Å². The van der Waals surface area contributed by atoms with Gasteiger partial charge in [-0.1, -0.05) is 41.1 Å². The molecule has 0 saturated heterocycles. The Balaban J connectivity index is 2.15. The molecule has 0 unspecified atom stereocenters. The van der Waals surface area contributed by atoms with E-state index in [4.69, 9.17) is 11.6 Å². The van der Waals surface area contributed by atoms with Crippen LogP contribution in [0.3, 0.4) is 0 Å². The molecule has 1 aromatic heterocycles. The lowest BCUT2D eigenvalue weighted by atomic mass is 10.2. The number of carbonyl (C=O) groups is 1. The first-order valence-electron chi connectivity index (χ1n) is 6.29. The van der Waals surface area contributed by atoms with E-state index in [9.17, 15) is 4.79 Å². The summed E-state index contributed by atoms with van der Waals surface area (Å²) in [6.45, 7) is 4.63. The highest BCUT2D eigenvalue weighted by Gasteiger charge is 2.12. The summed E-state index contributed by atoms with van der Waals surface area (Å²) in [5.41, 5.74) is 1.66. The second-order valence-electron chi connectivity index (χ2n) is 4.22. The van der Waals surface area contributed by atoms with Gasteiger partial charge in [0.2, 0.25) is 0 Å². The highest BCUT2D eigenvalue weighted by molar-refractivity contribution is 7.17. The third kappa shape index (κ3) is 3.68. The number of rotatable bonds is 5. The molecule has 3 nitrogen and oxygen atoms in total. The van der Waals surface area contributed by atoms with Gasteiger partial charge in [-0.15, -0.1) is 0 Å². The Labute approximate surface area is 127 Å². The van der Waals surface area contributed by atoms with E-state index < -0.39 is 0 Å². The van der Waals surface area contributed by atoms with E-state index in [0.717, 1.165) is 22.9 Å². The number of anilines is 1. The first-order valence-corrected chi connectivity index (χ1v) is 7.49. The van der Waals surface area contributed by atoms with Crippen LogP contribution in [0.1, 0.15) is 27.9 Å². The summed E-state index contributed by atoms with van der Waals surface area (Å²) in [4.78, 5) is 17.2. The van der Waals surface area contributed by atoms with Crippen LogP contribution in [0.2, 0.25) is 5.02 Å². The second-order valence-corrected chi connectivity index (χ2v) is 5.65. The van der Waals surface area contributed by atoms with Gasteiger partial charge in [0.25, 0.3) is 0 Å². The molecule has 0 spiro atoms. The third-order valence-corrected chi connectivity index (χ3v) is 3.99. The Morgan fingerprint density at radius 3 is 3.00 bits per heavy atom. The van der Waals surface area contributed by atoms with Gasteiger partial charge in [0.1, 0.15) is 0 Å². The molecular weight excluding hydrogens is 292 g/mol. The zero-order valence-corrected chi connectivity index (χ0v) is 12.9. The summed E-state index contributed by atoms with van der Waals surface area (Å²) in [5.74, 6) is -0.0378. The van der Waals surface area contributed by atoms with E-state index >= 15 is 0 Å². The summed E-state index contributed by atoms with van der Waals surface area (Å²) < 4.78 is 0. The molecule has 0 aliphatic heterocycles. The number of carbonyl (C=O) groups excluding carboxylic acids is 1. The Hall–Kier alpha value is -1.65. The van der Waals surface area contributed by atoms with E-state index in [1.807, 2.05) is 32.0 Å². The lowest BCUT2D eigenvalue weighted by molar-refractivity contribution is 0.105. The standard InChI is InChI=1S/C15H15ClN2OS/c1-3-17-15-18-10(2)14(20-15)13(19)8-7-11-5-4-6-12(16)9-11/h4-9H,3H2,1-2H3,(H,17,18)/b8-7+. The van der Waals surface area contributed by atoms with Crippen LogP contribution in [0.25, 0.3) is 6.08 Å². The molecule has 0 radical (unpaired) electrons. The van der Waals surface area contributed by atoms with Gasteiger partial charge in [0.15, 0.2) is 10.9 Å². The number of nitrogens with one attached hydrogen (secondary N) is 1. The van der Waals surface area contributed by atoms with Crippen LogP contribution < -0.4 is 5.32 Å². The van der Waals surface area contributed by atoms with Crippen molar-refractivity contribution in [3.05, 3.63) is 51.5 Å². The summed E-state index contributed by atoms with van der Waals surface area (Å²) in [6, 6.07) is 7.37. The normalized spacial score (nSPS) is 10.9. The highest BCUT2D eigenvalue weighted by Crippen LogP contribution is 2.23. The molecule has 0 saturated carbocycles. The molecule has 5 heteroatoms. The van der Waals surface area contributed by atoms with Crippen LogP contribution in [-0.2, 0) is 0 Å². The Morgan fingerprint density at radius 2 is 2.30 bits per heavy atom. The van der Waals surface area contributed by atoms with Gasteiger partial charge in [-0.25, -0.2) is 4.98 Å². The fourth-order valence-electron chi connectivity index (χ4n) is 1.71. The maximum atomic E-state index is 12.2. The Morgan fingerprint density at radius 1 is 1.50 bits per heavy atom. The van der Waals surface area contributed by atoms with Gasteiger partial charge in [0.05, 0.1) is 10.6 Å². The Bertz CT molecular complexity index is 649. The van der Waals surface area contributed by atoms with Crippen molar-refractivity contribution in [1.82, 2.24) is 4.98 Å². The molecule has 20 heavy (non-hydrogen) atoms. The lowest BCUT2D eigenvalue weighted by Crippen LogP contribution is -1.94. The molecule has 0 aliphatic carbocycles. The Kier molecular flexibility index (Phi) is 4.93. The number of aromatic nitrogens is 1. The van der Waals surface area contributed by atoms with Crippen molar-refractivity contribution in [3.8, 4) is 0 Å². The predicted molar refractivity (Wildman–Crippen MR) is 85.8 cm³/mol. The summed E-state index contributed by atoms with van der Waals surface area (Å²) in [5, 5.41) is 4.56. The maximum absolute atomic E-state index is 12.2. The van der Waals surface area contributed by atoms with Gasteiger partial charge in [0, 0.05) is 11.6 Å². The van der Waals surface area contributed by atoms with Crippen molar-refractivity contribution in [2.45, 2.75) is 13.8 Å². The molecule has 1 N–H and O–H groups in total. The third-order valence-electron chi connectivity index (χ3n) is 2.62. The summed E-state index contributed by atoms with van der Waals surface area (Å²) >= 11 is 7.29. The number of halogens is 1. The van der Waals surface area contributed by atoms with Gasteiger partial charge in [-0.2, -0.15) is 0 Å². The molecule has 2 rings (SSSR count). The molecule has 0 atom stereocenters. The molecule has 0 fully saturated rings. The highest BCUT2D eigenvalue weighted by atomic mass is 35.5. The lowest BCUT2D eigenvalue weighted by Gasteiger charge is -1.94. The van der Waals surface area contributed by atoms with E-state index in [0.29, 0.717) is 9.90 Å². The van der Waals surface area contributed by atoms with Crippen molar-refractivity contribution in [2.24, 2.45) is 0 Å².